The first-order chi connectivity index (χ1) is 12.9. The van der Waals surface area contributed by atoms with E-state index < -0.39 is 35.1 Å². The average Bonchev–Trinajstić information content (AvgIpc) is 2.81. The summed E-state index contributed by atoms with van der Waals surface area (Å²) in [6.07, 6.45) is 11.0. The van der Waals surface area contributed by atoms with E-state index in [1.54, 1.807) is 0 Å². The number of hydrogen-bond donors (Lipinski definition) is 1. The van der Waals surface area contributed by atoms with Crippen LogP contribution in [-0.2, 0) is 23.9 Å². The molecule has 1 aliphatic carbocycles. The molecule has 3 aliphatic rings. The molecule has 1 unspecified atom stereocenters. The first-order valence-electron chi connectivity index (χ1n) is 10.3. The van der Waals surface area contributed by atoms with Gasteiger partial charge in [-0.2, -0.15) is 0 Å². The van der Waals surface area contributed by atoms with Gasteiger partial charge in [-0.1, -0.05) is 44.8 Å². The summed E-state index contributed by atoms with van der Waals surface area (Å²) in [5, 5.41) is 2.93. The largest absolute Gasteiger partial charge is 0.459 e. The van der Waals surface area contributed by atoms with E-state index in [1.807, 2.05) is 13.0 Å². The lowest BCUT2D eigenvalue weighted by atomic mass is 9.64. The summed E-state index contributed by atoms with van der Waals surface area (Å²) < 4.78 is 11.3. The molecule has 2 heterocycles. The van der Waals surface area contributed by atoms with Gasteiger partial charge in [-0.3, -0.25) is 9.59 Å². The van der Waals surface area contributed by atoms with Gasteiger partial charge in [0.15, 0.2) is 5.60 Å². The van der Waals surface area contributed by atoms with Gasteiger partial charge < -0.3 is 14.8 Å². The molecule has 0 spiro atoms. The minimum Gasteiger partial charge on any atom is -0.459 e. The minimum absolute atomic E-state index is 0.103. The highest BCUT2D eigenvalue weighted by molar-refractivity contribution is 6.02. The lowest BCUT2D eigenvalue weighted by Gasteiger charge is -2.55. The molecule has 1 amide bonds. The van der Waals surface area contributed by atoms with E-state index >= 15 is 0 Å². The number of ether oxygens (including phenoxy) is 2. The van der Waals surface area contributed by atoms with Crippen molar-refractivity contribution in [2.45, 2.75) is 89.4 Å². The lowest BCUT2D eigenvalue weighted by molar-refractivity contribution is -0.241. The third-order valence-electron chi connectivity index (χ3n) is 6.46. The number of nitrogens with one attached hydrogen (secondary N) is 1. The normalized spacial score (nSPS) is 35.7. The van der Waals surface area contributed by atoms with Crippen LogP contribution in [0.5, 0.6) is 0 Å². The Hall–Kier alpha value is -1.85. The average molecular weight is 377 g/mol. The predicted octanol–water partition coefficient (Wildman–Crippen LogP) is 3.05. The van der Waals surface area contributed by atoms with Crippen LogP contribution in [0.15, 0.2) is 12.2 Å². The molecule has 150 valence electrons. The van der Waals surface area contributed by atoms with Crippen LogP contribution < -0.4 is 5.32 Å². The number of rotatable bonds is 8. The topological polar surface area (TPSA) is 81.7 Å². The molecule has 0 aromatic rings. The Morgan fingerprint density at radius 2 is 2.15 bits per heavy atom. The molecule has 0 aromatic heterocycles. The summed E-state index contributed by atoms with van der Waals surface area (Å²) in [5.41, 5.74) is -2.25. The van der Waals surface area contributed by atoms with Crippen LogP contribution in [0.1, 0.15) is 72.1 Å². The Kier molecular flexibility index (Phi) is 5.63. The zero-order chi connectivity index (χ0) is 19.7. The molecule has 2 aliphatic heterocycles. The number of hydrogen-bond acceptors (Lipinski definition) is 5. The van der Waals surface area contributed by atoms with Gasteiger partial charge in [-0.25, -0.2) is 4.79 Å². The second-order valence-corrected chi connectivity index (χ2v) is 8.25. The minimum atomic E-state index is -1.28. The fraction of sp³-hybridized carbons (Fsp3) is 0.762. The van der Waals surface area contributed by atoms with Crippen LogP contribution in [0.3, 0.4) is 0 Å². The van der Waals surface area contributed by atoms with Gasteiger partial charge in [0.2, 0.25) is 11.4 Å². The second kappa shape index (κ2) is 7.64. The Bertz CT molecular complexity index is 644. The molecular formula is C21H31NO5. The molecule has 27 heavy (non-hydrogen) atoms. The molecule has 0 aromatic carbocycles. The predicted molar refractivity (Wildman–Crippen MR) is 99.7 cm³/mol. The van der Waals surface area contributed by atoms with Crippen LogP contribution >= 0.6 is 0 Å². The molecule has 3 rings (SSSR count). The van der Waals surface area contributed by atoms with Crippen molar-refractivity contribution in [3.8, 4) is 0 Å². The Balaban J connectivity index is 1.89. The smallest absolute Gasteiger partial charge is 0.340 e. The van der Waals surface area contributed by atoms with Crippen molar-refractivity contribution >= 4 is 17.8 Å². The molecule has 0 saturated carbocycles. The summed E-state index contributed by atoms with van der Waals surface area (Å²) >= 11 is 0. The molecule has 2 saturated heterocycles. The van der Waals surface area contributed by atoms with Crippen LogP contribution in [-0.4, -0.2) is 35.1 Å². The highest BCUT2D eigenvalue weighted by atomic mass is 16.6. The molecule has 5 atom stereocenters. The maximum atomic E-state index is 12.8. The first kappa shape index (κ1) is 19.9. The van der Waals surface area contributed by atoms with E-state index in [9.17, 15) is 14.4 Å². The van der Waals surface area contributed by atoms with Gasteiger partial charge in [-0.05, 0) is 32.6 Å². The maximum Gasteiger partial charge on any atom is 0.340 e. The molecule has 2 fully saturated rings. The standard InChI is InChI=1S/C21H31NO5/c1-4-5-6-10-13-16-18(24)22-21(19(25)27-20(16,21)3)17(26-14(2)23)15-11-8-7-9-12-15/h8,11,15-17H,4-7,9-10,12-13H2,1-3H3,(H,22,24)/t15-,16+,17?,20+,21-/m1/s1. The van der Waals surface area contributed by atoms with E-state index in [-0.39, 0.29) is 11.8 Å². The van der Waals surface area contributed by atoms with E-state index in [4.69, 9.17) is 9.47 Å². The van der Waals surface area contributed by atoms with Crippen molar-refractivity contribution in [3.05, 3.63) is 12.2 Å². The van der Waals surface area contributed by atoms with Gasteiger partial charge >= 0.3 is 11.9 Å². The SMILES string of the molecule is CCCCCC[C@H]1C(=O)N[C@]2(C(OC(C)=O)[C@@H]3C=CCCC3)C(=O)O[C@@]12C. The monoisotopic (exact) mass is 377 g/mol. The number of amides is 1. The lowest BCUT2D eigenvalue weighted by Crippen LogP contribution is -2.80. The summed E-state index contributed by atoms with van der Waals surface area (Å²) in [6, 6.07) is 0. The number of esters is 2. The van der Waals surface area contributed by atoms with E-state index in [0.717, 1.165) is 44.9 Å². The third-order valence-corrected chi connectivity index (χ3v) is 6.46. The zero-order valence-electron chi connectivity index (χ0n) is 16.6. The number of unbranched alkanes of at least 4 members (excludes halogenated alkanes) is 3. The van der Waals surface area contributed by atoms with Crippen LogP contribution in [0.2, 0.25) is 0 Å². The van der Waals surface area contributed by atoms with Crippen LogP contribution in [0.4, 0.5) is 0 Å². The zero-order valence-corrected chi connectivity index (χ0v) is 16.6. The highest BCUT2D eigenvalue weighted by Crippen LogP contribution is 2.54. The van der Waals surface area contributed by atoms with E-state index in [2.05, 4.69) is 18.3 Å². The van der Waals surface area contributed by atoms with Crippen molar-refractivity contribution < 1.29 is 23.9 Å². The number of carbonyl (C=O) groups excluding carboxylic acids is 3. The number of fused-ring (bicyclic) bond motifs is 1. The van der Waals surface area contributed by atoms with Crippen molar-refractivity contribution in [2.24, 2.45) is 11.8 Å². The van der Waals surface area contributed by atoms with Crippen molar-refractivity contribution in [1.29, 1.82) is 0 Å². The third kappa shape index (κ3) is 3.17. The van der Waals surface area contributed by atoms with Crippen molar-refractivity contribution in [1.82, 2.24) is 5.32 Å². The fourth-order valence-corrected chi connectivity index (χ4v) is 4.98. The highest BCUT2D eigenvalue weighted by Gasteiger charge is 2.80. The van der Waals surface area contributed by atoms with Gasteiger partial charge in [0.05, 0.1) is 5.92 Å². The van der Waals surface area contributed by atoms with Gasteiger partial charge in [0, 0.05) is 12.8 Å². The second-order valence-electron chi connectivity index (χ2n) is 8.25. The quantitative estimate of drug-likeness (QED) is 0.399. The summed E-state index contributed by atoms with van der Waals surface area (Å²) in [4.78, 5) is 37.4. The molecule has 6 heteroatoms. The molecular weight excluding hydrogens is 346 g/mol. The first-order valence-corrected chi connectivity index (χ1v) is 10.3. The summed E-state index contributed by atoms with van der Waals surface area (Å²) in [6.45, 7) is 5.31. The van der Waals surface area contributed by atoms with E-state index in [0.29, 0.717) is 6.42 Å². The van der Waals surface area contributed by atoms with Crippen LogP contribution in [0, 0.1) is 11.8 Å². The fourth-order valence-electron chi connectivity index (χ4n) is 4.98. The number of allylic oxidation sites excluding steroid dienone is 1. The molecule has 1 N–H and O–H groups in total. The van der Waals surface area contributed by atoms with E-state index in [1.165, 1.54) is 6.92 Å². The molecule has 0 radical (unpaired) electrons. The molecule has 6 nitrogen and oxygen atoms in total. The Morgan fingerprint density at radius 3 is 2.74 bits per heavy atom. The van der Waals surface area contributed by atoms with Crippen molar-refractivity contribution in [2.75, 3.05) is 0 Å². The summed E-state index contributed by atoms with van der Waals surface area (Å²) in [7, 11) is 0. The Morgan fingerprint density at radius 1 is 1.37 bits per heavy atom. The van der Waals surface area contributed by atoms with Gasteiger partial charge in [0.25, 0.3) is 0 Å². The van der Waals surface area contributed by atoms with Crippen LogP contribution in [0.25, 0.3) is 0 Å². The van der Waals surface area contributed by atoms with Crippen molar-refractivity contribution in [3.63, 3.8) is 0 Å². The molecule has 0 bridgehead atoms. The van der Waals surface area contributed by atoms with Gasteiger partial charge in [0.1, 0.15) is 6.10 Å². The Labute approximate surface area is 161 Å². The summed E-state index contributed by atoms with van der Waals surface area (Å²) in [5.74, 6) is -1.61. The van der Waals surface area contributed by atoms with Gasteiger partial charge in [-0.15, -0.1) is 0 Å². The maximum absolute atomic E-state index is 12.8. The number of carbonyl (C=O) groups is 3.